The van der Waals surface area contributed by atoms with Crippen molar-refractivity contribution in [2.45, 2.75) is 0 Å². The van der Waals surface area contributed by atoms with Gasteiger partial charge in [-0.25, -0.2) is 19.0 Å². The van der Waals surface area contributed by atoms with Crippen LogP contribution < -0.4 is 25.0 Å². The summed E-state index contributed by atoms with van der Waals surface area (Å²) in [6.07, 6.45) is 1.00. The molecule has 0 atom stereocenters. The average Bonchev–Trinajstić information content (AvgIpc) is 2.48. The molecule has 0 amide bonds. The number of hydrazine groups is 1. The van der Waals surface area contributed by atoms with Crippen LogP contribution >= 0.6 is 0 Å². The molecule has 25 heavy (non-hydrogen) atoms. The van der Waals surface area contributed by atoms with Crippen molar-refractivity contribution in [2.24, 2.45) is 5.14 Å². The normalized spacial score (nSPS) is 11.8. The van der Waals surface area contributed by atoms with Crippen LogP contribution in [0.3, 0.4) is 0 Å². The maximum absolute atomic E-state index is 11.7. The van der Waals surface area contributed by atoms with Crippen LogP contribution in [0, 0.1) is 0 Å². The third-order valence-corrected chi connectivity index (χ3v) is 4.14. The van der Waals surface area contributed by atoms with E-state index in [0.29, 0.717) is 5.69 Å². The zero-order chi connectivity index (χ0) is 18.7. The van der Waals surface area contributed by atoms with E-state index in [-0.39, 0.29) is 11.4 Å². The van der Waals surface area contributed by atoms with Crippen molar-refractivity contribution in [1.82, 2.24) is 5.43 Å². The third kappa shape index (κ3) is 5.60. The first kappa shape index (κ1) is 19.0. The second-order valence-electron chi connectivity index (χ2n) is 5.15. The number of nitrogens with two attached hydrogens (primary N) is 1. The highest BCUT2D eigenvalue weighted by atomic mass is 32.2. The molecule has 0 fully saturated rings. The van der Waals surface area contributed by atoms with Crippen LogP contribution in [0.25, 0.3) is 0 Å². The number of para-hydroxylation sites is 1. The summed E-state index contributed by atoms with van der Waals surface area (Å²) in [5, 5.41) is 6.61. The Labute approximate surface area is 147 Å². The van der Waals surface area contributed by atoms with Crippen molar-refractivity contribution in [3.05, 3.63) is 48.5 Å². The smallest absolute Gasteiger partial charge is 0.282 e. The zero-order valence-corrected chi connectivity index (χ0v) is 15.2. The van der Waals surface area contributed by atoms with Gasteiger partial charge in [0.15, 0.2) is 0 Å². The van der Waals surface area contributed by atoms with Crippen LogP contribution in [-0.4, -0.2) is 30.1 Å². The first-order valence-corrected chi connectivity index (χ1v) is 10.5. The molecule has 9 nitrogen and oxygen atoms in total. The van der Waals surface area contributed by atoms with Gasteiger partial charge in [-0.1, -0.05) is 18.2 Å². The van der Waals surface area contributed by atoms with Crippen molar-refractivity contribution in [2.75, 3.05) is 27.8 Å². The summed E-state index contributed by atoms with van der Waals surface area (Å²) < 4.78 is 50.2. The molecule has 0 aromatic heterocycles. The molecule has 0 heterocycles. The van der Waals surface area contributed by atoms with Crippen molar-refractivity contribution < 1.29 is 16.8 Å². The predicted octanol–water partition coefficient (Wildman–Crippen LogP) is 0.946. The molecule has 0 aliphatic rings. The van der Waals surface area contributed by atoms with Gasteiger partial charge in [0.1, 0.15) is 0 Å². The minimum atomic E-state index is -3.98. The summed E-state index contributed by atoms with van der Waals surface area (Å²) in [6, 6.07) is 13.6. The molecule has 0 unspecified atom stereocenters. The van der Waals surface area contributed by atoms with E-state index < -0.39 is 20.2 Å². The van der Waals surface area contributed by atoms with E-state index in [1.54, 1.807) is 18.1 Å². The summed E-state index contributed by atoms with van der Waals surface area (Å²) in [6.45, 7) is 0. The molecule has 11 heteroatoms. The number of hydrogen-bond donors (Lipinski definition) is 4. The monoisotopic (exact) mass is 385 g/mol. The van der Waals surface area contributed by atoms with E-state index in [1.807, 2.05) is 30.3 Å². The number of sulfonamides is 1. The SMILES string of the molecule is CNN(c1ccccc1)c1ccc(NS(N)(=O)=O)cc1NS(C)(=O)=O. The Morgan fingerprint density at radius 1 is 0.960 bits per heavy atom. The fraction of sp³-hybridized carbons (Fsp3) is 0.143. The molecule has 0 radical (unpaired) electrons. The minimum absolute atomic E-state index is 0.126. The molecule has 0 saturated carbocycles. The quantitative estimate of drug-likeness (QED) is 0.524. The standard InChI is InChI=1S/C14H19N5O4S2/c1-16-19(12-6-4-3-5-7-12)14-9-8-11(17-25(15,22)23)10-13(14)18-24(2,20)21/h3-10,16-18H,1-2H3,(H2,15,22,23). The maximum atomic E-state index is 11.7. The largest absolute Gasteiger partial charge is 0.296 e. The second-order valence-corrected chi connectivity index (χ2v) is 8.19. The fourth-order valence-electron chi connectivity index (χ4n) is 2.21. The van der Waals surface area contributed by atoms with E-state index in [2.05, 4.69) is 14.9 Å². The molecule has 2 rings (SSSR count). The van der Waals surface area contributed by atoms with Gasteiger partial charge in [0.25, 0.3) is 10.2 Å². The van der Waals surface area contributed by atoms with Gasteiger partial charge >= 0.3 is 0 Å². The number of rotatable bonds is 7. The highest BCUT2D eigenvalue weighted by Crippen LogP contribution is 2.33. The molecule has 5 N–H and O–H groups in total. The van der Waals surface area contributed by atoms with Crippen LogP contribution in [0.5, 0.6) is 0 Å². The van der Waals surface area contributed by atoms with Gasteiger partial charge in [0, 0.05) is 7.05 Å². The van der Waals surface area contributed by atoms with E-state index in [1.165, 1.54) is 12.1 Å². The molecule has 0 spiro atoms. The van der Waals surface area contributed by atoms with Crippen LogP contribution in [0.2, 0.25) is 0 Å². The number of nitrogens with zero attached hydrogens (tertiary/aromatic N) is 1. The Balaban J connectivity index is 2.55. The number of hydrogen-bond acceptors (Lipinski definition) is 6. The first-order chi connectivity index (χ1) is 11.6. The van der Waals surface area contributed by atoms with Crippen LogP contribution in [0.4, 0.5) is 22.7 Å². The molecule has 136 valence electrons. The van der Waals surface area contributed by atoms with Gasteiger partial charge < -0.3 is 0 Å². The lowest BCUT2D eigenvalue weighted by Crippen LogP contribution is -2.31. The van der Waals surface area contributed by atoms with Crippen LogP contribution in [0.15, 0.2) is 48.5 Å². The topological polar surface area (TPSA) is 134 Å². The van der Waals surface area contributed by atoms with Gasteiger partial charge in [-0.3, -0.25) is 14.5 Å². The van der Waals surface area contributed by atoms with Gasteiger partial charge in [-0.2, -0.15) is 8.42 Å². The average molecular weight is 385 g/mol. The van der Waals surface area contributed by atoms with Crippen molar-refractivity contribution >= 4 is 43.0 Å². The predicted molar refractivity (Wildman–Crippen MR) is 99.3 cm³/mol. The fourth-order valence-corrected chi connectivity index (χ4v) is 3.22. The van der Waals surface area contributed by atoms with Gasteiger partial charge in [-0.05, 0) is 30.3 Å². The molecule has 0 aliphatic heterocycles. The molecule has 0 aliphatic carbocycles. The number of anilines is 4. The summed E-state index contributed by atoms with van der Waals surface area (Å²) in [7, 11) is -5.91. The number of benzene rings is 2. The molecule has 0 bridgehead atoms. The van der Waals surface area contributed by atoms with Crippen molar-refractivity contribution in [3.63, 3.8) is 0 Å². The van der Waals surface area contributed by atoms with Crippen molar-refractivity contribution in [3.8, 4) is 0 Å². The second kappa shape index (κ2) is 7.27. The molecule has 2 aromatic carbocycles. The highest BCUT2D eigenvalue weighted by Gasteiger charge is 2.16. The molecule has 0 saturated heterocycles. The zero-order valence-electron chi connectivity index (χ0n) is 13.6. The van der Waals surface area contributed by atoms with E-state index in [4.69, 9.17) is 5.14 Å². The molecular weight excluding hydrogens is 366 g/mol. The van der Waals surface area contributed by atoms with E-state index in [0.717, 1.165) is 11.9 Å². The van der Waals surface area contributed by atoms with Crippen LogP contribution in [0.1, 0.15) is 0 Å². The Morgan fingerprint density at radius 2 is 1.60 bits per heavy atom. The molecular formula is C14H19N5O4S2. The van der Waals surface area contributed by atoms with Crippen molar-refractivity contribution in [1.29, 1.82) is 0 Å². The summed E-state index contributed by atoms with van der Waals surface area (Å²) in [5.74, 6) is 0. The molecule has 2 aromatic rings. The lowest BCUT2D eigenvalue weighted by Gasteiger charge is -2.26. The lowest BCUT2D eigenvalue weighted by atomic mass is 10.2. The van der Waals surface area contributed by atoms with Crippen LogP contribution in [-0.2, 0) is 20.2 Å². The van der Waals surface area contributed by atoms with Gasteiger partial charge in [-0.15, -0.1) is 0 Å². The lowest BCUT2D eigenvalue weighted by molar-refractivity contribution is 0.602. The Kier molecular flexibility index (Phi) is 5.52. The summed E-state index contributed by atoms with van der Waals surface area (Å²) >= 11 is 0. The Hall–Kier alpha value is -2.34. The van der Waals surface area contributed by atoms with E-state index >= 15 is 0 Å². The maximum Gasteiger partial charge on any atom is 0.296 e. The third-order valence-electron chi connectivity index (χ3n) is 3.03. The van der Waals surface area contributed by atoms with E-state index in [9.17, 15) is 16.8 Å². The Bertz CT molecular complexity index is 946. The minimum Gasteiger partial charge on any atom is -0.282 e. The highest BCUT2D eigenvalue weighted by molar-refractivity contribution is 7.92. The van der Waals surface area contributed by atoms with Gasteiger partial charge in [0.05, 0.1) is 29.0 Å². The first-order valence-electron chi connectivity index (χ1n) is 7.04. The van der Waals surface area contributed by atoms with Gasteiger partial charge in [0.2, 0.25) is 10.0 Å². The Morgan fingerprint density at radius 3 is 2.12 bits per heavy atom. The summed E-state index contributed by atoms with van der Waals surface area (Å²) in [4.78, 5) is 0. The number of nitrogens with one attached hydrogen (secondary N) is 3. The summed E-state index contributed by atoms with van der Waals surface area (Å²) in [5.41, 5.74) is 4.49.